The highest BCUT2D eigenvalue weighted by molar-refractivity contribution is 5.95. The third kappa shape index (κ3) is 17.0. The van der Waals surface area contributed by atoms with E-state index in [2.05, 4.69) is 37.2 Å². The van der Waals surface area contributed by atoms with E-state index in [0.717, 1.165) is 0 Å². The molecule has 0 bridgehead atoms. The Kier molecular flexibility index (Phi) is 17.5. The highest BCUT2D eigenvalue weighted by Crippen LogP contribution is 2.06. The molecule has 3 atom stereocenters. The highest BCUT2D eigenvalue weighted by Gasteiger charge is 2.27. The van der Waals surface area contributed by atoms with Gasteiger partial charge in [-0.2, -0.15) is 0 Å². The summed E-state index contributed by atoms with van der Waals surface area (Å²) in [5, 5.41) is 16.9. The normalized spacial score (nSPS) is 12.3. The Morgan fingerprint density at radius 3 is 1.89 bits per heavy atom. The molecule has 1 aromatic carbocycles. The van der Waals surface area contributed by atoms with Crippen LogP contribution in [0.25, 0.3) is 0 Å². The monoisotopic (exact) mass is 633 g/mol. The lowest BCUT2D eigenvalue weighted by molar-refractivity contribution is -0.133. The summed E-state index contributed by atoms with van der Waals surface area (Å²) in [7, 11) is 0. The Morgan fingerprint density at radius 1 is 0.667 bits per heavy atom. The van der Waals surface area contributed by atoms with Crippen molar-refractivity contribution >= 4 is 47.3 Å². The summed E-state index contributed by atoms with van der Waals surface area (Å²) in [6.45, 7) is 1.26. The van der Waals surface area contributed by atoms with Crippen LogP contribution in [0.4, 0.5) is 0 Å². The van der Waals surface area contributed by atoms with E-state index < -0.39 is 85.0 Å². The summed E-state index contributed by atoms with van der Waals surface area (Å²) < 4.78 is 0. The molecule has 0 aliphatic heterocycles. The molecule has 1 aromatic rings. The second-order valence-electron chi connectivity index (χ2n) is 10.0. The third-order valence-corrected chi connectivity index (χ3v) is 6.09. The highest BCUT2D eigenvalue weighted by atomic mass is 16.2. The molecule has 0 aliphatic rings. The van der Waals surface area contributed by atoms with E-state index >= 15 is 0 Å². The molecule has 0 unspecified atom stereocenters. The average molecular weight is 634 g/mol. The van der Waals surface area contributed by atoms with Crippen LogP contribution < -0.4 is 48.7 Å². The van der Waals surface area contributed by atoms with Crippen LogP contribution in [0.5, 0.6) is 0 Å². The molecule has 0 fully saturated rings. The number of unbranched alkanes of at least 4 members (excludes halogenated alkanes) is 1. The molecule has 0 spiro atoms. The standard InChI is InChI=1S/C28H43N9O8/c1-17(26(43)33-13-22(30)39)35-24(41)16-34-27(44)21(12-19-8-4-3-5-9-19)37-28(45)20(10-6-7-11-29)36-25(42)15-32-23(40)14-31-18(2)38/h3-5,8-9,17,20-21H,6-7,10-16,29H2,1-2H3,(H2,30,39)(H,31,38)(H,32,40)(H,33,43)(H,34,44)(H,35,41)(H,36,42)(H,37,45)/t17-,20-,21+/m0/s1. The maximum absolute atomic E-state index is 13.3. The number of nitrogens with one attached hydrogen (secondary N) is 7. The Balaban J connectivity index is 2.91. The zero-order valence-corrected chi connectivity index (χ0v) is 25.4. The van der Waals surface area contributed by atoms with Gasteiger partial charge in [0.05, 0.1) is 26.2 Å². The van der Waals surface area contributed by atoms with E-state index in [4.69, 9.17) is 11.5 Å². The van der Waals surface area contributed by atoms with Crippen molar-refractivity contribution in [2.75, 3.05) is 32.7 Å². The van der Waals surface area contributed by atoms with Gasteiger partial charge in [-0.15, -0.1) is 0 Å². The molecule has 45 heavy (non-hydrogen) atoms. The molecule has 0 saturated carbocycles. The van der Waals surface area contributed by atoms with Gasteiger partial charge in [-0.3, -0.25) is 38.4 Å². The molecule has 11 N–H and O–H groups in total. The fourth-order valence-electron chi connectivity index (χ4n) is 3.76. The molecule has 8 amide bonds. The van der Waals surface area contributed by atoms with Crippen LogP contribution in [0.1, 0.15) is 38.7 Å². The number of benzene rings is 1. The SMILES string of the molecule is CC(=O)NCC(=O)NCC(=O)N[C@@H](CCCCN)C(=O)N[C@H](Cc1ccccc1)C(=O)NCC(=O)N[C@@H](C)C(=O)NCC(N)=O. The summed E-state index contributed by atoms with van der Waals surface area (Å²) in [6.07, 6.45) is 1.28. The Hall–Kier alpha value is -5.06. The smallest absolute Gasteiger partial charge is 0.243 e. The van der Waals surface area contributed by atoms with Crippen LogP contribution in [-0.4, -0.2) is 98.1 Å². The number of rotatable bonds is 20. The number of hydrogen-bond acceptors (Lipinski definition) is 9. The summed E-state index contributed by atoms with van der Waals surface area (Å²) in [6, 6.07) is 5.51. The van der Waals surface area contributed by atoms with Gasteiger partial charge in [0.2, 0.25) is 47.3 Å². The summed E-state index contributed by atoms with van der Waals surface area (Å²) in [4.78, 5) is 97.0. The van der Waals surface area contributed by atoms with Gasteiger partial charge in [0.1, 0.15) is 18.1 Å². The zero-order chi connectivity index (χ0) is 33.8. The van der Waals surface area contributed by atoms with E-state index in [1.165, 1.54) is 13.8 Å². The molecule has 0 aromatic heterocycles. The van der Waals surface area contributed by atoms with Gasteiger partial charge >= 0.3 is 0 Å². The molecule has 17 heteroatoms. The topological polar surface area (TPSA) is 273 Å². The first-order valence-corrected chi connectivity index (χ1v) is 14.3. The van der Waals surface area contributed by atoms with Gasteiger partial charge < -0.3 is 48.7 Å². The van der Waals surface area contributed by atoms with Gasteiger partial charge in [0.25, 0.3) is 0 Å². The Labute approximate surface area is 260 Å². The number of carbonyl (C=O) groups is 8. The maximum atomic E-state index is 13.3. The molecular formula is C28H43N9O8. The van der Waals surface area contributed by atoms with Crippen molar-refractivity contribution in [3.8, 4) is 0 Å². The quantitative estimate of drug-likeness (QED) is 0.0629. The first-order chi connectivity index (χ1) is 21.3. The van der Waals surface area contributed by atoms with Crippen molar-refractivity contribution in [3.63, 3.8) is 0 Å². The van der Waals surface area contributed by atoms with Crippen LogP contribution >= 0.6 is 0 Å². The van der Waals surface area contributed by atoms with Crippen LogP contribution in [0.2, 0.25) is 0 Å². The predicted octanol–water partition coefficient (Wildman–Crippen LogP) is -4.20. The molecule has 0 saturated heterocycles. The van der Waals surface area contributed by atoms with Crippen LogP contribution in [0.3, 0.4) is 0 Å². The maximum Gasteiger partial charge on any atom is 0.243 e. The van der Waals surface area contributed by atoms with E-state index in [-0.39, 0.29) is 19.4 Å². The number of amides is 8. The lowest BCUT2D eigenvalue weighted by atomic mass is 10.0. The van der Waals surface area contributed by atoms with Crippen molar-refractivity contribution < 1.29 is 38.4 Å². The molecule has 0 heterocycles. The Bertz CT molecular complexity index is 1200. The summed E-state index contributed by atoms with van der Waals surface area (Å²) in [5.74, 6) is -5.19. The van der Waals surface area contributed by atoms with Crippen LogP contribution in [-0.2, 0) is 44.8 Å². The third-order valence-electron chi connectivity index (χ3n) is 6.09. The molecule has 0 radical (unpaired) electrons. The molecule has 0 aliphatic carbocycles. The minimum absolute atomic E-state index is 0.0502. The van der Waals surface area contributed by atoms with E-state index in [9.17, 15) is 38.4 Å². The predicted molar refractivity (Wildman–Crippen MR) is 161 cm³/mol. The molecule has 17 nitrogen and oxygen atoms in total. The first-order valence-electron chi connectivity index (χ1n) is 14.3. The van der Waals surface area contributed by atoms with E-state index in [0.29, 0.717) is 24.9 Å². The minimum Gasteiger partial charge on any atom is -0.368 e. The van der Waals surface area contributed by atoms with E-state index in [1.807, 2.05) is 0 Å². The largest absolute Gasteiger partial charge is 0.368 e. The van der Waals surface area contributed by atoms with E-state index in [1.54, 1.807) is 30.3 Å². The second-order valence-corrected chi connectivity index (χ2v) is 10.0. The molecule has 248 valence electrons. The van der Waals surface area contributed by atoms with Crippen molar-refractivity contribution in [2.24, 2.45) is 11.5 Å². The second kappa shape index (κ2) is 20.8. The van der Waals surface area contributed by atoms with Gasteiger partial charge in [-0.1, -0.05) is 30.3 Å². The number of nitrogens with two attached hydrogens (primary N) is 2. The summed E-state index contributed by atoms with van der Waals surface area (Å²) >= 11 is 0. The fourth-order valence-corrected chi connectivity index (χ4v) is 3.76. The van der Waals surface area contributed by atoms with Crippen LogP contribution in [0.15, 0.2) is 30.3 Å². The van der Waals surface area contributed by atoms with Gasteiger partial charge in [-0.05, 0) is 38.3 Å². The fraction of sp³-hybridized carbons (Fsp3) is 0.500. The number of carbonyl (C=O) groups excluding carboxylic acids is 8. The van der Waals surface area contributed by atoms with Gasteiger partial charge in [0, 0.05) is 13.3 Å². The molecular weight excluding hydrogens is 590 g/mol. The average Bonchev–Trinajstić information content (AvgIpc) is 2.99. The van der Waals surface area contributed by atoms with Crippen molar-refractivity contribution in [1.82, 2.24) is 37.2 Å². The lowest BCUT2D eigenvalue weighted by Gasteiger charge is -2.23. The van der Waals surface area contributed by atoms with Gasteiger partial charge in [-0.25, -0.2) is 0 Å². The van der Waals surface area contributed by atoms with Gasteiger partial charge in [0.15, 0.2) is 0 Å². The number of hydrogen-bond donors (Lipinski definition) is 9. The molecule has 1 rings (SSSR count). The number of primary amides is 1. The lowest BCUT2D eigenvalue weighted by Crippen LogP contribution is -2.56. The zero-order valence-electron chi connectivity index (χ0n) is 25.4. The Morgan fingerprint density at radius 2 is 1.27 bits per heavy atom. The minimum atomic E-state index is -1.16. The van der Waals surface area contributed by atoms with Crippen molar-refractivity contribution in [1.29, 1.82) is 0 Å². The summed E-state index contributed by atoms with van der Waals surface area (Å²) in [5.41, 5.74) is 11.3. The van der Waals surface area contributed by atoms with Crippen LogP contribution in [0, 0.1) is 0 Å². The first kappa shape index (κ1) is 38.0. The van der Waals surface area contributed by atoms with Crippen molar-refractivity contribution in [3.05, 3.63) is 35.9 Å². The van der Waals surface area contributed by atoms with Crippen molar-refractivity contribution in [2.45, 2.75) is 57.7 Å².